The van der Waals surface area contributed by atoms with E-state index in [0.29, 0.717) is 45.2 Å². The van der Waals surface area contributed by atoms with E-state index in [1.165, 1.54) is 0 Å². The number of guanidine groups is 1. The third kappa shape index (κ3) is 8.09. The number of nitrogens with two attached hydrogens (primary N) is 1. The normalized spacial score (nSPS) is 16.2. The van der Waals surface area contributed by atoms with E-state index in [1.54, 1.807) is 4.90 Å². The molecule has 2 amide bonds. The number of amides is 2. The summed E-state index contributed by atoms with van der Waals surface area (Å²) in [6, 6.07) is 0. The van der Waals surface area contributed by atoms with E-state index in [0.717, 1.165) is 6.42 Å². The lowest BCUT2D eigenvalue weighted by molar-refractivity contribution is -0.123. The highest BCUT2D eigenvalue weighted by atomic mass is 16.6. The van der Waals surface area contributed by atoms with E-state index in [1.807, 2.05) is 39.5 Å². The van der Waals surface area contributed by atoms with Gasteiger partial charge < -0.3 is 25.6 Å². The van der Waals surface area contributed by atoms with E-state index in [9.17, 15) is 9.59 Å². The molecular formula is C17H33N5O3. The number of carbonyl (C=O) groups excluding carboxylic acids is 2. The van der Waals surface area contributed by atoms with Crippen LogP contribution in [-0.2, 0) is 9.53 Å². The van der Waals surface area contributed by atoms with Gasteiger partial charge in [-0.1, -0.05) is 13.8 Å². The van der Waals surface area contributed by atoms with Crippen molar-refractivity contribution in [2.45, 2.75) is 46.6 Å². The summed E-state index contributed by atoms with van der Waals surface area (Å²) in [6.45, 7) is 12.9. The predicted molar refractivity (Wildman–Crippen MR) is 98.3 cm³/mol. The van der Waals surface area contributed by atoms with Crippen molar-refractivity contribution in [3.05, 3.63) is 0 Å². The molecule has 0 saturated carbocycles. The molecule has 8 nitrogen and oxygen atoms in total. The molecule has 1 heterocycles. The number of piperazine rings is 1. The summed E-state index contributed by atoms with van der Waals surface area (Å²) in [5, 5.41) is 2.85. The molecule has 0 spiro atoms. The van der Waals surface area contributed by atoms with Crippen molar-refractivity contribution in [2.24, 2.45) is 16.6 Å². The van der Waals surface area contributed by atoms with Gasteiger partial charge in [0.15, 0.2) is 5.96 Å². The lowest BCUT2D eigenvalue weighted by Gasteiger charge is -2.36. The molecular weight excluding hydrogens is 322 g/mol. The van der Waals surface area contributed by atoms with E-state index in [2.05, 4.69) is 10.3 Å². The number of hydrogen-bond acceptors (Lipinski definition) is 4. The monoisotopic (exact) mass is 355 g/mol. The van der Waals surface area contributed by atoms with Crippen LogP contribution in [0.3, 0.4) is 0 Å². The largest absolute Gasteiger partial charge is 0.444 e. The Balaban J connectivity index is 2.29. The minimum absolute atomic E-state index is 0.00478. The first-order valence-electron chi connectivity index (χ1n) is 8.90. The molecule has 0 bridgehead atoms. The fourth-order valence-electron chi connectivity index (χ4n) is 2.23. The Morgan fingerprint density at radius 1 is 1.16 bits per heavy atom. The lowest BCUT2D eigenvalue weighted by atomic mass is 10.2. The van der Waals surface area contributed by atoms with Gasteiger partial charge in [-0.15, -0.1) is 0 Å². The molecule has 25 heavy (non-hydrogen) atoms. The average molecular weight is 355 g/mol. The first-order valence-corrected chi connectivity index (χ1v) is 8.90. The molecule has 1 aliphatic rings. The van der Waals surface area contributed by atoms with Crippen molar-refractivity contribution in [1.29, 1.82) is 0 Å². The summed E-state index contributed by atoms with van der Waals surface area (Å²) in [7, 11) is 0. The zero-order valence-electron chi connectivity index (χ0n) is 16.2. The minimum Gasteiger partial charge on any atom is -0.444 e. The quantitative estimate of drug-likeness (QED) is 0.436. The number of carbonyl (C=O) groups is 2. The van der Waals surface area contributed by atoms with E-state index in [4.69, 9.17) is 10.5 Å². The van der Waals surface area contributed by atoms with Crippen LogP contribution in [0.15, 0.2) is 4.99 Å². The Kier molecular flexibility index (Phi) is 7.99. The average Bonchev–Trinajstić information content (AvgIpc) is 2.52. The molecule has 1 rings (SSSR count). The molecule has 0 unspecified atom stereocenters. The first kappa shape index (κ1) is 21.1. The summed E-state index contributed by atoms with van der Waals surface area (Å²) in [5.41, 5.74) is 5.53. The highest BCUT2D eigenvalue weighted by Crippen LogP contribution is 2.11. The van der Waals surface area contributed by atoms with Crippen LogP contribution < -0.4 is 11.1 Å². The maximum absolute atomic E-state index is 12.0. The van der Waals surface area contributed by atoms with Gasteiger partial charge in [-0.05, 0) is 27.2 Å². The van der Waals surface area contributed by atoms with Crippen LogP contribution in [0, 0.1) is 5.92 Å². The zero-order chi connectivity index (χ0) is 19.0. The maximum Gasteiger partial charge on any atom is 0.410 e. The van der Waals surface area contributed by atoms with Gasteiger partial charge in [-0.2, -0.15) is 0 Å². The standard InChI is InChI=1S/C17H33N5O3/c1-13(2)14(23)19-7-6-8-20-15(18)21-9-11-22(12-10-21)16(24)25-17(3,4)5/h13H,6-12H2,1-5H3,(H2,18,20)(H,19,23). The Labute approximate surface area is 150 Å². The fraction of sp³-hybridized carbons (Fsp3) is 0.824. The Morgan fingerprint density at radius 2 is 1.72 bits per heavy atom. The van der Waals surface area contributed by atoms with E-state index in [-0.39, 0.29) is 17.9 Å². The number of nitrogens with zero attached hydrogens (tertiary/aromatic N) is 3. The summed E-state index contributed by atoms with van der Waals surface area (Å²) in [6.07, 6.45) is 0.459. The Hall–Kier alpha value is -1.99. The second-order valence-corrected chi connectivity index (χ2v) is 7.49. The highest BCUT2D eigenvalue weighted by molar-refractivity contribution is 5.79. The SMILES string of the molecule is CC(C)C(=O)NCCCN=C(N)N1CCN(C(=O)OC(C)(C)C)CC1. The second kappa shape index (κ2) is 9.48. The van der Waals surface area contributed by atoms with Crippen molar-refractivity contribution >= 4 is 18.0 Å². The Bertz CT molecular complexity index is 477. The van der Waals surface area contributed by atoms with Crippen molar-refractivity contribution in [1.82, 2.24) is 15.1 Å². The van der Waals surface area contributed by atoms with Gasteiger partial charge in [0.1, 0.15) is 5.60 Å². The molecule has 1 aliphatic heterocycles. The lowest BCUT2D eigenvalue weighted by Crippen LogP contribution is -2.53. The molecule has 0 aromatic carbocycles. The van der Waals surface area contributed by atoms with Crippen molar-refractivity contribution in [2.75, 3.05) is 39.3 Å². The number of ether oxygens (including phenoxy) is 1. The van der Waals surface area contributed by atoms with Crippen molar-refractivity contribution in [3.8, 4) is 0 Å². The van der Waals surface area contributed by atoms with Gasteiger partial charge in [0.05, 0.1) is 0 Å². The topological polar surface area (TPSA) is 100 Å². The summed E-state index contributed by atoms with van der Waals surface area (Å²) >= 11 is 0. The third-order valence-corrected chi connectivity index (χ3v) is 3.69. The molecule has 1 saturated heterocycles. The predicted octanol–water partition coefficient (Wildman–Crippen LogP) is 1.02. The van der Waals surface area contributed by atoms with E-state index >= 15 is 0 Å². The van der Waals surface area contributed by atoms with Gasteiger partial charge >= 0.3 is 6.09 Å². The zero-order valence-corrected chi connectivity index (χ0v) is 16.2. The Morgan fingerprint density at radius 3 is 2.24 bits per heavy atom. The first-order chi connectivity index (χ1) is 11.6. The van der Waals surface area contributed by atoms with Crippen LogP contribution in [0.2, 0.25) is 0 Å². The third-order valence-electron chi connectivity index (χ3n) is 3.69. The van der Waals surface area contributed by atoms with Gasteiger partial charge in [0, 0.05) is 45.2 Å². The minimum atomic E-state index is -0.486. The van der Waals surface area contributed by atoms with Crippen LogP contribution in [0.25, 0.3) is 0 Å². The van der Waals surface area contributed by atoms with Crippen molar-refractivity contribution < 1.29 is 14.3 Å². The molecule has 0 aliphatic carbocycles. The van der Waals surface area contributed by atoms with Gasteiger partial charge in [0.25, 0.3) is 0 Å². The number of rotatable bonds is 5. The summed E-state index contributed by atoms with van der Waals surface area (Å²) in [4.78, 5) is 31.5. The fourth-order valence-corrected chi connectivity index (χ4v) is 2.23. The summed E-state index contributed by atoms with van der Waals surface area (Å²) < 4.78 is 5.37. The van der Waals surface area contributed by atoms with Crippen LogP contribution in [0.5, 0.6) is 0 Å². The number of hydrogen-bond donors (Lipinski definition) is 2. The second-order valence-electron chi connectivity index (χ2n) is 7.49. The molecule has 0 atom stereocenters. The van der Waals surface area contributed by atoms with Crippen LogP contribution in [0.1, 0.15) is 41.0 Å². The molecule has 8 heteroatoms. The van der Waals surface area contributed by atoms with Gasteiger partial charge in [-0.25, -0.2) is 4.79 Å². The highest BCUT2D eigenvalue weighted by Gasteiger charge is 2.26. The van der Waals surface area contributed by atoms with Gasteiger partial charge in [-0.3, -0.25) is 9.79 Å². The van der Waals surface area contributed by atoms with Crippen molar-refractivity contribution in [3.63, 3.8) is 0 Å². The maximum atomic E-state index is 12.0. The molecule has 0 radical (unpaired) electrons. The molecule has 144 valence electrons. The van der Waals surface area contributed by atoms with Crippen LogP contribution in [-0.4, -0.2) is 72.6 Å². The number of aliphatic imine (C=N–C) groups is 1. The molecule has 0 aromatic rings. The molecule has 3 N–H and O–H groups in total. The van der Waals surface area contributed by atoms with Crippen LogP contribution in [0.4, 0.5) is 4.79 Å². The van der Waals surface area contributed by atoms with Gasteiger partial charge in [0.2, 0.25) is 5.91 Å². The molecule has 1 fully saturated rings. The van der Waals surface area contributed by atoms with E-state index < -0.39 is 5.60 Å². The smallest absolute Gasteiger partial charge is 0.410 e. The summed E-state index contributed by atoms with van der Waals surface area (Å²) in [5.74, 6) is 0.532. The molecule has 0 aromatic heterocycles. The van der Waals surface area contributed by atoms with Crippen LogP contribution >= 0.6 is 0 Å². The number of nitrogens with one attached hydrogen (secondary N) is 1.